The lowest BCUT2D eigenvalue weighted by Gasteiger charge is -2.09. The largest absolute Gasteiger partial charge is 0.328 e. The third-order valence-electron chi connectivity index (χ3n) is 2.81. The number of unbranched alkanes of at least 4 members (excludes halogenated alkanes) is 1. The highest BCUT2D eigenvalue weighted by molar-refractivity contribution is 4.85. The van der Waals surface area contributed by atoms with E-state index in [4.69, 9.17) is 5.73 Å². The third-order valence-corrected chi connectivity index (χ3v) is 2.81. The van der Waals surface area contributed by atoms with Gasteiger partial charge in [-0.25, -0.2) is 0 Å². The smallest absolute Gasteiger partial charge is 0.00415 e. The van der Waals surface area contributed by atoms with Gasteiger partial charge in [-0.05, 0) is 31.1 Å². The van der Waals surface area contributed by atoms with Gasteiger partial charge in [0.2, 0.25) is 0 Å². The van der Waals surface area contributed by atoms with Crippen molar-refractivity contribution in [1.29, 1.82) is 0 Å². The summed E-state index contributed by atoms with van der Waals surface area (Å²) in [6.07, 6.45) is 6.54. The first-order valence-electron chi connectivity index (χ1n) is 4.99. The molecule has 1 nitrogen and oxygen atoms in total. The van der Waals surface area contributed by atoms with Crippen molar-refractivity contribution in [2.24, 2.45) is 17.6 Å². The van der Waals surface area contributed by atoms with E-state index in [9.17, 15) is 0 Å². The maximum atomic E-state index is 5.96. The topological polar surface area (TPSA) is 26.0 Å². The van der Waals surface area contributed by atoms with E-state index in [0.717, 1.165) is 11.8 Å². The highest BCUT2D eigenvalue weighted by atomic mass is 14.6. The second-order valence-corrected chi connectivity index (χ2v) is 4.11. The van der Waals surface area contributed by atoms with Crippen molar-refractivity contribution in [2.75, 3.05) is 0 Å². The summed E-state index contributed by atoms with van der Waals surface area (Å²) in [6, 6.07) is 0.491. The fourth-order valence-electron chi connectivity index (χ4n) is 1.70. The fourth-order valence-corrected chi connectivity index (χ4v) is 1.70. The predicted molar refractivity (Wildman–Crippen MR) is 49.4 cm³/mol. The first kappa shape index (κ1) is 9.05. The van der Waals surface area contributed by atoms with Crippen LogP contribution in [-0.4, -0.2) is 6.04 Å². The van der Waals surface area contributed by atoms with Gasteiger partial charge in [-0.2, -0.15) is 0 Å². The molecular weight excluding hydrogens is 134 g/mol. The van der Waals surface area contributed by atoms with Crippen LogP contribution < -0.4 is 5.73 Å². The van der Waals surface area contributed by atoms with Gasteiger partial charge >= 0.3 is 0 Å². The molecule has 0 radical (unpaired) electrons. The van der Waals surface area contributed by atoms with Gasteiger partial charge in [-0.1, -0.05) is 26.7 Å². The van der Waals surface area contributed by atoms with E-state index >= 15 is 0 Å². The molecule has 0 amide bonds. The maximum Gasteiger partial charge on any atom is 0.00415 e. The van der Waals surface area contributed by atoms with E-state index < -0.39 is 0 Å². The Balaban J connectivity index is 1.97. The molecule has 11 heavy (non-hydrogen) atoms. The molecule has 0 saturated heterocycles. The predicted octanol–water partition coefficient (Wildman–Crippen LogP) is 2.55. The summed E-state index contributed by atoms with van der Waals surface area (Å²) in [5.41, 5.74) is 5.96. The first-order valence-corrected chi connectivity index (χ1v) is 4.99. The van der Waals surface area contributed by atoms with E-state index in [2.05, 4.69) is 13.8 Å². The zero-order valence-corrected chi connectivity index (χ0v) is 7.84. The molecule has 1 heteroatoms. The van der Waals surface area contributed by atoms with E-state index in [1.54, 1.807) is 0 Å². The van der Waals surface area contributed by atoms with Crippen LogP contribution in [0.4, 0.5) is 0 Å². The summed E-state index contributed by atoms with van der Waals surface area (Å²) in [6.45, 7) is 4.56. The van der Waals surface area contributed by atoms with Crippen LogP contribution in [-0.2, 0) is 0 Å². The summed E-state index contributed by atoms with van der Waals surface area (Å²) in [5, 5.41) is 0. The van der Waals surface area contributed by atoms with Gasteiger partial charge in [-0.15, -0.1) is 0 Å². The zero-order chi connectivity index (χ0) is 8.27. The molecular formula is C10H21N. The van der Waals surface area contributed by atoms with Crippen LogP contribution in [0.25, 0.3) is 0 Å². The van der Waals surface area contributed by atoms with Crippen molar-refractivity contribution in [3.05, 3.63) is 0 Å². The molecule has 2 N–H and O–H groups in total. The number of rotatable bonds is 5. The normalized spacial score (nSPS) is 31.9. The van der Waals surface area contributed by atoms with Crippen molar-refractivity contribution in [3.63, 3.8) is 0 Å². The monoisotopic (exact) mass is 155 g/mol. The van der Waals surface area contributed by atoms with Gasteiger partial charge in [0, 0.05) is 6.04 Å². The summed E-state index contributed by atoms with van der Waals surface area (Å²) in [5.74, 6) is 1.95. The van der Waals surface area contributed by atoms with Crippen LogP contribution in [0.2, 0.25) is 0 Å². The fraction of sp³-hybridized carbons (Fsp3) is 1.00. The minimum absolute atomic E-state index is 0.491. The molecule has 1 saturated carbocycles. The van der Waals surface area contributed by atoms with Gasteiger partial charge in [0.1, 0.15) is 0 Å². The summed E-state index contributed by atoms with van der Waals surface area (Å²) < 4.78 is 0. The maximum absolute atomic E-state index is 5.96. The standard InChI is InChI=1S/C10H21N/c1-3-4-5-10(11)7-9-6-8(9)2/h8-10H,3-7,11H2,1-2H3/t8-,9?,10?/m1/s1. The minimum atomic E-state index is 0.491. The molecule has 0 aromatic rings. The van der Waals surface area contributed by atoms with Crippen LogP contribution in [0, 0.1) is 11.8 Å². The Morgan fingerprint density at radius 3 is 2.64 bits per heavy atom. The average molecular weight is 155 g/mol. The van der Waals surface area contributed by atoms with E-state index in [0.29, 0.717) is 6.04 Å². The molecule has 1 aliphatic carbocycles. The van der Waals surface area contributed by atoms with Crippen molar-refractivity contribution in [1.82, 2.24) is 0 Å². The van der Waals surface area contributed by atoms with Crippen molar-refractivity contribution < 1.29 is 0 Å². The third kappa shape index (κ3) is 3.24. The molecule has 1 aliphatic rings. The summed E-state index contributed by atoms with van der Waals surface area (Å²) in [4.78, 5) is 0. The Labute approximate surface area is 70.4 Å². The second-order valence-electron chi connectivity index (χ2n) is 4.11. The lowest BCUT2D eigenvalue weighted by atomic mass is 10.0. The molecule has 2 unspecified atom stereocenters. The molecule has 0 aromatic carbocycles. The molecule has 0 bridgehead atoms. The SMILES string of the molecule is CCCCC(N)CC1C[C@H]1C. The van der Waals surface area contributed by atoms with E-state index in [1.807, 2.05) is 0 Å². The van der Waals surface area contributed by atoms with Crippen LogP contribution >= 0.6 is 0 Å². The summed E-state index contributed by atoms with van der Waals surface area (Å²) >= 11 is 0. The lowest BCUT2D eigenvalue weighted by molar-refractivity contribution is 0.500. The van der Waals surface area contributed by atoms with Gasteiger partial charge in [-0.3, -0.25) is 0 Å². The average Bonchev–Trinajstić information content (AvgIpc) is 2.62. The van der Waals surface area contributed by atoms with Gasteiger partial charge in [0.15, 0.2) is 0 Å². The van der Waals surface area contributed by atoms with Crippen LogP contribution in [0.15, 0.2) is 0 Å². The van der Waals surface area contributed by atoms with Crippen LogP contribution in [0.1, 0.15) is 46.0 Å². The number of hydrogen-bond donors (Lipinski definition) is 1. The Bertz CT molecular complexity index is 111. The van der Waals surface area contributed by atoms with Crippen molar-refractivity contribution in [2.45, 2.75) is 52.0 Å². The van der Waals surface area contributed by atoms with E-state index in [1.165, 1.54) is 32.1 Å². The molecule has 1 rings (SSSR count). The van der Waals surface area contributed by atoms with Crippen molar-refractivity contribution >= 4 is 0 Å². The van der Waals surface area contributed by atoms with Crippen molar-refractivity contribution in [3.8, 4) is 0 Å². The van der Waals surface area contributed by atoms with Gasteiger partial charge < -0.3 is 5.73 Å². The highest BCUT2D eigenvalue weighted by Gasteiger charge is 2.33. The Kier molecular flexibility index (Phi) is 3.38. The highest BCUT2D eigenvalue weighted by Crippen LogP contribution is 2.41. The summed E-state index contributed by atoms with van der Waals surface area (Å²) in [7, 11) is 0. The van der Waals surface area contributed by atoms with Gasteiger partial charge in [0.25, 0.3) is 0 Å². The molecule has 0 aliphatic heterocycles. The Hall–Kier alpha value is -0.0400. The quantitative estimate of drug-likeness (QED) is 0.648. The number of nitrogens with two attached hydrogens (primary N) is 1. The van der Waals surface area contributed by atoms with E-state index in [-0.39, 0.29) is 0 Å². The molecule has 1 fully saturated rings. The minimum Gasteiger partial charge on any atom is -0.328 e. The molecule has 66 valence electrons. The second kappa shape index (κ2) is 4.10. The molecule has 3 atom stereocenters. The lowest BCUT2D eigenvalue weighted by Crippen LogP contribution is -2.20. The molecule has 0 aromatic heterocycles. The first-order chi connectivity index (χ1) is 5.24. The molecule has 0 heterocycles. The number of hydrogen-bond acceptors (Lipinski definition) is 1. The van der Waals surface area contributed by atoms with Crippen LogP contribution in [0.3, 0.4) is 0 Å². The van der Waals surface area contributed by atoms with Gasteiger partial charge in [0.05, 0.1) is 0 Å². The zero-order valence-electron chi connectivity index (χ0n) is 7.84. The van der Waals surface area contributed by atoms with Crippen LogP contribution in [0.5, 0.6) is 0 Å². The Morgan fingerprint density at radius 1 is 1.55 bits per heavy atom. The Morgan fingerprint density at radius 2 is 2.18 bits per heavy atom. The molecule has 0 spiro atoms.